The van der Waals surface area contributed by atoms with Crippen molar-refractivity contribution < 1.29 is 9.53 Å². The van der Waals surface area contributed by atoms with Crippen LogP contribution in [-0.2, 0) is 9.53 Å². The maximum absolute atomic E-state index is 11.8. The van der Waals surface area contributed by atoms with Crippen molar-refractivity contribution in [3.8, 4) is 0 Å². The monoisotopic (exact) mass is 398 g/mol. The molecule has 0 aliphatic carbocycles. The number of unbranched alkanes of at least 4 members (excludes halogenated alkanes) is 9. The molecular weight excluding hydrogens is 360 g/mol. The van der Waals surface area contributed by atoms with Crippen molar-refractivity contribution in [2.75, 3.05) is 19.7 Å². The number of hydrogen-bond acceptors (Lipinski definition) is 4. The third kappa shape index (κ3) is 9.78. The zero-order chi connectivity index (χ0) is 20.6. The number of allylic oxidation sites excluding steroid dienone is 4. The molecule has 4 heteroatoms. The van der Waals surface area contributed by atoms with E-state index < -0.39 is 0 Å². The number of carbonyl (C=O) groups excluding carboxylic acids is 1. The van der Waals surface area contributed by atoms with Gasteiger partial charge in [0.1, 0.15) is 0 Å². The maximum Gasteiger partial charge on any atom is 0.305 e. The van der Waals surface area contributed by atoms with Crippen LogP contribution in [0.5, 0.6) is 0 Å². The van der Waals surface area contributed by atoms with E-state index in [1.165, 1.54) is 37.8 Å². The summed E-state index contributed by atoms with van der Waals surface area (Å²) < 4.78 is 5.36. The lowest BCUT2D eigenvalue weighted by Gasteiger charge is -2.20. The first-order valence-corrected chi connectivity index (χ1v) is 11.4. The van der Waals surface area contributed by atoms with Gasteiger partial charge in [0.15, 0.2) is 0 Å². The molecule has 0 bridgehead atoms. The van der Waals surface area contributed by atoms with E-state index in [2.05, 4.69) is 34.7 Å². The Bertz CT molecular complexity index is 602. The molecular formula is C25H38N2O2. The molecule has 0 aromatic rings. The molecule has 2 heterocycles. The smallest absolute Gasteiger partial charge is 0.305 e. The summed E-state index contributed by atoms with van der Waals surface area (Å²) in [6.45, 7) is 6.35. The van der Waals surface area contributed by atoms with Gasteiger partial charge in [-0.3, -0.25) is 9.79 Å². The van der Waals surface area contributed by atoms with Crippen molar-refractivity contribution in [2.24, 2.45) is 4.99 Å². The highest BCUT2D eigenvalue weighted by molar-refractivity contribution is 5.77. The van der Waals surface area contributed by atoms with Crippen LogP contribution in [0, 0.1) is 0 Å². The fraction of sp³-hybridized carbons (Fsp3) is 0.600. The van der Waals surface area contributed by atoms with Gasteiger partial charge in [-0.05, 0) is 56.8 Å². The molecule has 0 N–H and O–H groups in total. The quantitative estimate of drug-likeness (QED) is 0.179. The van der Waals surface area contributed by atoms with Gasteiger partial charge in [-0.1, -0.05) is 44.3 Å². The van der Waals surface area contributed by atoms with Crippen LogP contribution in [0.3, 0.4) is 0 Å². The summed E-state index contributed by atoms with van der Waals surface area (Å²) in [5.74, 6) is -0.0266. The van der Waals surface area contributed by atoms with Crippen molar-refractivity contribution >= 4 is 12.2 Å². The zero-order valence-electron chi connectivity index (χ0n) is 18.0. The average Bonchev–Trinajstić information content (AvgIpc) is 3.40. The van der Waals surface area contributed by atoms with Crippen molar-refractivity contribution in [3.05, 3.63) is 48.4 Å². The van der Waals surface area contributed by atoms with Gasteiger partial charge in [0, 0.05) is 25.7 Å². The molecule has 160 valence electrons. The molecule has 0 saturated carbocycles. The largest absolute Gasteiger partial charge is 0.466 e. The van der Waals surface area contributed by atoms with Gasteiger partial charge in [0.05, 0.1) is 18.0 Å². The van der Waals surface area contributed by atoms with Crippen LogP contribution < -0.4 is 0 Å². The lowest BCUT2D eigenvalue weighted by atomic mass is 10.1. The van der Waals surface area contributed by atoms with Crippen LogP contribution in [0.15, 0.2) is 53.3 Å². The van der Waals surface area contributed by atoms with E-state index in [1.807, 2.05) is 18.4 Å². The lowest BCUT2D eigenvalue weighted by Crippen LogP contribution is -2.20. The Morgan fingerprint density at radius 2 is 1.79 bits per heavy atom. The fourth-order valence-electron chi connectivity index (χ4n) is 3.69. The molecule has 2 aliphatic rings. The summed E-state index contributed by atoms with van der Waals surface area (Å²) in [5.41, 5.74) is 2.30. The van der Waals surface area contributed by atoms with Gasteiger partial charge in [-0.2, -0.15) is 0 Å². The molecule has 0 aromatic carbocycles. The van der Waals surface area contributed by atoms with Gasteiger partial charge >= 0.3 is 5.97 Å². The molecule has 2 aliphatic heterocycles. The molecule has 0 unspecified atom stereocenters. The summed E-state index contributed by atoms with van der Waals surface area (Å²) in [6, 6.07) is 0. The van der Waals surface area contributed by atoms with Crippen LogP contribution in [0.4, 0.5) is 0 Å². The molecule has 0 amide bonds. The highest BCUT2D eigenvalue weighted by Gasteiger charge is 2.15. The summed E-state index contributed by atoms with van der Waals surface area (Å²) in [7, 11) is 0. The lowest BCUT2D eigenvalue weighted by molar-refractivity contribution is -0.143. The molecule has 0 saturated heterocycles. The Morgan fingerprint density at radius 1 is 1.03 bits per heavy atom. The molecule has 2 rings (SSSR count). The first kappa shape index (κ1) is 23.2. The van der Waals surface area contributed by atoms with E-state index in [-0.39, 0.29) is 5.97 Å². The number of hydrogen-bond donors (Lipinski definition) is 0. The van der Waals surface area contributed by atoms with Gasteiger partial charge < -0.3 is 9.64 Å². The fourth-order valence-corrected chi connectivity index (χ4v) is 3.69. The van der Waals surface area contributed by atoms with Crippen LogP contribution in [-0.4, -0.2) is 36.8 Å². The zero-order valence-corrected chi connectivity index (χ0v) is 18.0. The van der Waals surface area contributed by atoms with Crippen LogP contribution in [0.25, 0.3) is 0 Å². The van der Waals surface area contributed by atoms with Crippen molar-refractivity contribution in [3.63, 3.8) is 0 Å². The third-order valence-electron chi connectivity index (χ3n) is 5.38. The van der Waals surface area contributed by atoms with E-state index in [1.54, 1.807) is 0 Å². The van der Waals surface area contributed by atoms with Gasteiger partial charge in [-0.25, -0.2) is 0 Å². The van der Waals surface area contributed by atoms with Crippen molar-refractivity contribution in [1.82, 2.24) is 4.90 Å². The number of rotatable bonds is 16. The number of carbonyl (C=O) groups is 1. The standard InChI is InChI=1S/C25H38N2O2/c1-2-3-4-5-6-7-8-11-18-25(28)29-22-13-10-9-12-20-27-21-15-17-24(27)23-16-14-19-26-23/h2,14-17,19H,1,3-13,18,20-22H2. The Labute approximate surface area is 177 Å². The second-order valence-electron chi connectivity index (χ2n) is 7.84. The average molecular weight is 399 g/mol. The summed E-state index contributed by atoms with van der Waals surface area (Å²) >= 11 is 0. The normalized spacial score (nSPS) is 17.4. The molecule has 0 spiro atoms. The van der Waals surface area contributed by atoms with Gasteiger partial charge in [-0.15, -0.1) is 6.58 Å². The van der Waals surface area contributed by atoms with E-state index in [0.717, 1.165) is 57.3 Å². The molecule has 0 radical (unpaired) electrons. The van der Waals surface area contributed by atoms with Crippen molar-refractivity contribution in [1.29, 1.82) is 0 Å². The Morgan fingerprint density at radius 3 is 2.59 bits per heavy atom. The molecule has 29 heavy (non-hydrogen) atoms. The van der Waals surface area contributed by atoms with Crippen LogP contribution >= 0.6 is 0 Å². The molecule has 0 atom stereocenters. The SMILES string of the molecule is C=CCCCCCCCCC(=O)OCCCCCCN1CC=CC1=C1C=CC=N1. The summed E-state index contributed by atoms with van der Waals surface area (Å²) in [5, 5.41) is 0. The third-order valence-corrected chi connectivity index (χ3v) is 5.38. The first-order valence-electron chi connectivity index (χ1n) is 11.4. The van der Waals surface area contributed by atoms with Crippen molar-refractivity contribution in [2.45, 2.75) is 77.0 Å². The minimum Gasteiger partial charge on any atom is -0.466 e. The van der Waals surface area contributed by atoms with E-state index in [4.69, 9.17) is 4.74 Å². The minimum atomic E-state index is -0.0266. The van der Waals surface area contributed by atoms with Gasteiger partial charge in [0.25, 0.3) is 0 Å². The Hall–Kier alpha value is -2.10. The van der Waals surface area contributed by atoms with E-state index >= 15 is 0 Å². The molecule has 4 nitrogen and oxygen atoms in total. The second-order valence-corrected chi connectivity index (χ2v) is 7.84. The minimum absolute atomic E-state index is 0.0266. The highest BCUT2D eigenvalue weighted by Crippen LogP contribution is 2.22. The predicted octanol–water partition coefficient (Wildman–Crippen LogP) is 6.12. The number of ether oxygens (including phenoxy) is 1. The molecule has 0 fully saturated rings. The Balaban J connectivity index is 1.39. The number of nitrogens with zero attached hydrogens (tertiary/aromatic N) is 2. The number of esters is 1. The highest BCUT2D eigenvalue weighted by atomic mass is 16.5. The second kappa shape index (κ2) is 14.8. The van der Waals surface area contributed by atoms with E-state index in [0.29, 0.717) is 13.0 Å². The van der Waals surface area contributed by atoms with Gasteiger partial charge in [0.2, 0.25) is 0 Å². The Kier molecular flexibility index (Phi) is 11.9. The first-order chi connectivity index (χ1) is 14.3. The predicted molar refractivity (Wildman–Crippen MR) is 122 cm³/mol. The van der Waals surface area contributed by atoms with E-state index in [9.17, 15) is 4.79 Å². The van der Waals surface area contributed by atoms with Crippen LogP contribution in [0.2, 0.25) is 0 Å². The topological polar surface area (TPSA) is 41.9 Å². The summed E-state index contributed by atoms with van der Waals surface area (Å²) in [4.78, 5) is 18.6. The van der Waals surface area contributed by atoms with Crippen LogP contribution in [0.1, 0.15) is 77.0 Å². The summed E-state index contributed by atoms with van der Waals surface area (Å²) in [6.07, 6.45) is 25.4. The molecule has 0 aromatic heterocycles. The number of aliphatic imine (C=N–C) groups is 1. The maximum atomic E-state index is 11.8.